The van der Waals surface area contributed by atoms with Gasteiger partial charge in [-0.3, -0.25) is 0 Å². The number of hydrogen-bond donors (Lipinski definition) is 2. The highest BCUT2D eigenvalue weighted by Crippen LogP contribution is 2.17. The van der Waals surface area contributed by atoms with E-state index in [1.807, 2.05) is 0 Å². The molecule has 12 heavy (non-hydrogen) atoms. The molecule has 0 radical (unpaired) electrons. The molecular formula is C9H18N2O. The summed E-state index contributed by atoms with van der Waals surface area (Å²) in [6.45, 7) is 7.58. The highest BCUT2D eigenvalue weighted by atomic mass is 16.5. The molecule has 0 saturated carbocycles. The summed E-state index contributed by atoms with van der Waals surface area (Å²) in [4.78, 5) is 0. The second kappa shape index (κ2) is 3.32. The first-order chi connectivity index (χ1) is 5.79. The van der Waals surface area contributed by atoms with Gasteiger partial charge >= 0.3 is 0 Å². The number of hydrogen-bond acceptors (Lipinski definition) is 3. The molecule has 2 aliphatic heterocycles. The van der Waals surface area contributed by atoms with Gasteiger partial charge in [-0.05, 0) is 19.3 Å². The fraction of sp³-hybridized carbons (Fsp3) is 1.00. The molecule has 70 valence electrons. The number of ether oxygens (including phenoxy) is 1. The molecule has 3 heteroatoms. The summed E-state index contributed by atoms with van der Waals surface area (Å²) in [7, 11) is 0. The monoisotopic (exact) mass is 170 g/mol. The van der Waals surface area contributed by atoms with Gasteiger partial charge in [0.05, 0.1) is 6.61 Å². The van der Waals surface area contributed by atoms with E-state index in [-0.39, 0.29) is 5.54 Å². The molecule has 0 aromatic carbocycles. The minimum atomic E-state index is 0.260. The average Bonchev–Trinajstić information content (AvgIpc) is 2.33. The van der Waals surface area contributed by atoms with Crippen molar-refractivity contribution in [3.8, 4) is 0 Å². The molecule has 2 fully saturated rings. The van der Waals surface area contributed by atoms with E-state index >= 15 is 0 Å². The van der Waals surface area contributed by atoms with E-state index in [4.69, 9.17) is 4.74 Å². The van der Waals surface area contributed by atoms with E-state index in [9.17, 15) is 0 Å². The van der Waals surface area contributed by atoms with Crippen LogP contribution in [0.3, 0.4) is 0 Å². The summed E-state index contributed by atoms with van der Waals surface area (Å²) in [5, 5.41) is 6.87. The van der Waals surface area contributed by atoms with Gasteiger partial charge in [-0.2, -0.15) is 0 Å². The van der Waals surface area contributed by atoms with Crippen molar-refractivity contribution in [1.29, 1.82) is 0 Å². The first-order valence-electron chi connectivity index (χ1n) is 4.82. The Morgan fingerprint density at radius 2 is 2.42 bits per heavy atom. The third-order valence-electron chi connectivity index (χ3n) is 2.90. The molecule has 0 bridgehead atoms. The first-order valence-corrected chi connectivity index (χ1v) is 4.82. The van der Waals surface area contributed by atoms with E-state index in [1.165, 1.54) is 13.1 Å². The van der Waals surface area contributed by atoms with Crippen molar-refractivity contribution in [3.05, 3.63) is 0 Å². The maximum atomic E-state index is 5.37. The molecule has 0 spiro atoms. The van der Waals surface area contributed by atoms with Crippen molar-refractivity contribution in [2.75, 3.05) is 32.8 Å². The Kier molecular flexibility index (Phi) is 2.35. The number of nitrogens with one attached hydrogen (secondary N) is 2. The molecule has 2 saturated heterocycles. The summed E-state index contributed by atoms with van der Waals surface area (Å²) >= 11 is 0. The minimum Gasteiger partial charge on any atom is -0.379 e. The van der Waals surface area contributed by atoms with Crippen LogP contribution in [0.1, 0.15) is 13.3 Å². The summed E-state index contributed by atoms with van der Waals surface area (Å²) in [6, 6.07) is 0. The lowest BCUT2D eigenvalue weighted by Crippen LogP contribution is -2.52. The third kappa shape index (κ3) is 1.79. The van der Waals surface area contributed by atoms with Gasteiger partial charge in [0.15, 0.2) is 0 Å². The molecule has 1 atom stereocenters. The van der Waals surface area contributed by atoms with Gasteiger partial charge in [0.25, 0.3) is 0 Å². The van der Waals surface area contributed by atoms with Crippen molar-refractivity contribution in [2.24, 2.45) is 5.92 Å². The number of rotatable bonds is 3. The van der Waals surface area contributed by atoms with Crippen LogP contribution in [0.25, 0.3) is 0 Å². The van der Waals surface area contributed by atoms with Gasteiger partial charge in [0, 0.05) is 31.8 Å². The molecular weight excluding hydrogens is 152 g/mol. The predicted molar refractivity (Wildman–Crippen MR) is 48.2 cm³/mol. The van der Waals surface area contributed by atoms with E-state index in [0.29, 0.717) is 0 Å². The highest BCUT2D eigenvalue weighted by molar-refractivity contribution is 4.89. The molecule has 2 rings (SSSR count). The average molecular weight is 170 g/mol. The Morgan fingerprint density at radius 1 is 1.58 bits per heavy atom. The standard InChI is InChI=1S/C9H18N2O/c1-9(2-3-12-7-9)11-6-8-4-10-5-8/h8,10-11H,2-7H2,1H3. The molecule has 2 heterocycles. The Morgan fingerprint density at radius 3 is 2.92 bits per heavy atom. The summed E-state index contributed by atoms with van der Waals surface area (Å²) in [5.74, 6) is 0.849. The second-order valence-corrected chi connectivity index (χ2v) is 4.27. The zero-order valence-corrected chi connectivity index (χ0v) is 7.73. The van der Waals surface area contributed by atoms with Crippen molar-refractivity contribution in [2.45, 2.75) is 18.9 Å². The molecule has 2 aliphatic rings. The lowest BCUT2D eigenvalue weighted by Gasteiger charge is -2.32. The molecule has 3 nitrogen and oxygen atoms in total. The van der Waals surface area contributed by atoms with Crippen LogP contribution in [0.5, 0.6) is 0 Å². The van der Waals surface area contributed by atoms with E-state index in [0.717, 1.165) is 32.1 Å². The van der Waals surface area contributed by atoms with Gasteiger partial charge < -0.3 is 15.4 Å². The summed E-state index contributed by atoms with van der Waals surface area (Å²) < 4.78 is 5.37. The Bertz CT molecular complexity index is 151. The maximum Gasteiger partial charge on any atom is 0.0646 e. The zero-order chi connectivity index (χ0) is 8.44. The summed E-state index contributed by atoms with van der Waals surface area (Å²) in [6.07, 6.45) is 1.16. The first kappa shape index (κ1) is 8.48. The van der Waals surface area contributed by atoms with Gasteiger partial charge in [0.2, 0.25) is 0 Å². The fourth-order valence-electron chi connectivity index (χ4n) is 1.69. The van der Waals surface area contributed by atoms with Crippen LogP contribution < -0.4 is 10.6 Å². The molecule has 1 unspecified atom stereocenters. The van der Waals surface area contributed by atoms with Gasteiger partial charge in [-0.25, -0.2) is 0 Å². The fourth-order valence-corrected chi connectivity index (χ4v) is 1.69. The largest absolute Gasteiger partial charge is 0.379 e. The van der Waals surface area contributed by atoms with E-state index in [2.05, 4.69) is 17.6 Å². The lowest BCUT2D eigenvalue weighted by molar-refractivity contribution is 0.167. The predicted octanol–water partition coefficient (Wildman–Crippen LogP) is -0.0256. The zero-order valence-electron chi connectivity index (χ0n) is 7.73. The topological polar surface area (TPSA) is 33.3 Å². The SMILES string of the molecule is CC1(NCC2CNC2)CCOC1. The van der Waals surface area contributed by atoms with E-state index < -0.39 is 0 Å². The van der Waals surface area contributed by atoms with E-state index in [1.54, 1.807) is 0 Å². The van der Waals surface area contributed by atoms with Crippen molar-refractivity contribution in [3.63, 3.8) is 0 Å². The quantitative estimate of drug-likeness (QED) is 0.624. The van der Waals surface area contributed by atoms with Crippen molar-refractivity contribution in [1.82, 2.24) is 10.6 Å². The van der Waals surface area contributed by atoms with Crippen LogP contribution in [0.15, 0.2) is 0 Å². The van der Waals surface area contributed by atoms with Crippen molar-refractivity contribution < 1.29 is 4.74 Å². The molecule has 0 amide bonds. The Labute approximate surface area is 73.9 Å². The molecule has 0 aliphatic carbocycles. The van der Waals surface area contributed by atoms with Gasteiger partial charge in [0.1, 0.15) is 0 Å². The smallest absolute Gasteiger partial charge is 0.0646 e. The van der Waals surface area contributed by atoms with Crippen LogP contribution in [-0.4, -0.2) is 38.4 Å². The Balaban J connectivity index is 1.70. The van der Waals surface area contributed by atoms with Crippen LogP contribution in [-0.2, 0) is 4.74 Å². The Hall–Kier alpha value is -0.120. The van der Waals surface area contributed by atoms with Crippen molar-refractivity contribution >= 4 is 0 Å². The second-order valence-electron chi connectivity index (χ2n) is 4.27. The molecule has 2 N–H and O–H groups in total. The van der Waals surface area contributed by atoms with Gasteiger partial charge in [-0.1, -0.05) is 0 Å². The van der Waals surface area contributed by atoms with Crippen LogP contribution in [0.4, 0.5) is 0 Å². The third-order valence-corrected chi connectivity index (χ3v) is 2.90. The summed E-state index contributed by atoms with van der Waals surface area (Å²) in [5.41, 5.74) is 0.260. The molecule has 0 aromatic rings. The van der Waals surface area contributed by atoms with Crippen LogP contribution >= 0.6 is 0 Å². The maximum absolute atomic E-state index is 5.37. The van der Waals surface area contributed by atoms with Crippen LogP contribution in [0.2, 0.25) is 0 Å². The van der Waals surface area contributed by atoms with Gasteiger partial charge in [-0.15, -0.1) is 0 Å². The van der Waals surface area contributed by atoms with Crippen LogP contribution in [0, 0.1) is 5.92 Å². The normalized spacial score (nSPS) is 36.8. The lowest BCUT2D eigenvalue weighted by atomic mass is 9.98. The highest BCUT2D eigenvalue weighted by Gasteiger charge is 2.30. The minimum absolute atomic E-state index is 0.260. The molecule has 0 aromatic heterocycles.